The lowest BCUT2D eigenvalue weighted by molar-refractivity contribution is -0.928. The van der Waals surface area contributed by atoms with E-state index in [2.05, 4.69) is 19.4 Å². The maximum Gasteiger partial charge on any atom is 0.423 e. The molecule has 9 heteroatoms. The van der Waals surface area contributed by atoms with E-state index in [4.69, 9.17) is 4.74 Å². The van der Waals surface area contributed by atoms with Gasteiger partial charge in [-0.05, 0) is 35.6 Å². The number of allylic oxidation sites excluding steroid dienone is 1. The Labute approximate surface area is 227 Å². The van der Waals surface area contributed by atoms with Gasteiger partial charge in [0.05, 0.1) is 38.5 Å². The molecule has 2 heterocycles. The summed E-state index contributed by atoms with van der Waals surface area (Å²) < 4.78 is 51.1. The van der Waals surface area contributed by atoms with Crippen molar-refractivity contribution in [3.63, 3.8) is 0 Å². The summed E-state index contributed by atoms with van der Waals surface area (Å²) in [6, 6.07) is 8.45. The summed E-state index contributed by atoms with van der Waals surface area (Å²) in [4.78, 5) is 14.8. The van der Waals surface area contributed by atoms with Crippen LogP contribution in [0.4, 0.5) is 13.2 Å². The van der Waals surface area contributed by atoms with Crippen molar-refractivity contribution >= 4 is 11.6 Å². The van der Waals surface area contributed by atoms with E-state index in [9.17, 15) is 23.1 Å². The van der Waals surface area contributed by atoms with Crippen molar-refractivity contribution in [1.29, 1.82) is 0 Å². The number of ether oxygens (including phenoxy) is 1. The zero-order valence-corrected chi connectivity index (χ0v) is 22.9. The summed E-state index contributed by atoms with van der Waals surface area (Å²) in [6.45, 7) is 0.975. The van der Waals surface area contributed by atoms with Crippen LogP contribution in [0, 0.1) is 11.3 Å². The van der Waals surface area contributed by atoms with E-state index >= 15 is 0 Å². The van der Waals surface area contributed by atoms with Crippen molar-refractivity contribution in [3.8, 4) is 0 Å². The number of piperidine rings is 1. The van der Waals surface area contributed by atoms with Gasteiger partial charge in [-0.2, -0.15) is 13.2 Å². The van der Waals surface area contributed by atoms with E-state index in [-0.39, 0.29) is 22.8 Å². The Bertz CT molecular complexity index is 1290. The third-order valence-electron chi connectivity index (χ3n) is 10.0. The van der Waals surface area contributed by atoms with E-state index in [0.717, 1.165) is 54.3 Å². The Morgan fingerprint density at radius 1 is 1.18 bits per heavy atom. The monoisotopic (exact) mass is 544 g/mol. The van der Waals surface area contributed by atoms with Gasteiger partial charge in [-0.25, -0.2) is 0 Å². The predicted molar refractivity (Wildman–Crippen MR) is 141 cm³/mol. The Morgan fingerprint density at radius 2 is 1.90 bits per heavy atom. The third-order valence-corrected chi connectivity index (χ3v) is 10.0. The average Bonchev–Trinajstić information content (AvgIpc) is 3.21. The number of nitrogens with one attached hydrogen (secondary N) is 1. The maximum atomic E-state index is 14.5. The van der Waals surface area contributed by atoms with Crippen molar-refractivity contribution in [3.05, 3.63) is 64.8 Å². The number of quaternary nitrogens is 1. The van der Waals surface area contributed by atoms with Crippen LogP contribution in [0.15, 0.2) is 59.2 Å². The minimum absolute atomic E-state index is 0.114. The van der Waals surface area contributed by atoms with E-state index in [1.165, 1.54) is 37.2 Å². The molecule has 2 saturated heterocycles. The number of nitrogens with zero attached hydrogens (tertiary/aromatic N) is 2. The number of benzene rings is 1. The largest absolute Gasteiger partial charge is 0.423 e. The molecule has 0 aromatic heterocycles. The van der Waals surface area contributed by atoms with Crippen LogP contribution in [0.2, 0.25) is 0 Å². The smallest absolute Gasteiger partial charge is 0.377 e. The molecule has 0 radical (unpaired) electrons. The molecule has 1 amide bonds. The maximum absolute atomic E-state index is 14.5. The van der Waals surface area contributed by atoms with Crippen LogP contribution >= 0.6 is 0 Å². The van der Waals surface area contributed by atoms with Crippen LogP contribution in [0.5, 0.6) is 0 Å². The number of carbonyl (C=O) groups excluding carboxylic acids is 1. The number of hydrogen-bond acceptors (Lipinski definition) is 4. The number of carbonyl (C=O) groups is 1. The lowest BCUT2D eigenvalue weighted by Gasteiger charge is -2.60. The summed E-state index contributed by atoms with van der Waals surface area (Å²) in [6.07, 6.45) is 1.97. The van der Waals surface area contributed by atoms with Gasteiger partial charge in [0.25, 0.3) is 5.91 Å². The highest BCUT2D eigenvalue weighted by Gasteiger charge is 2.70. The molecular formula is C30H37F3N3O3+. The standard InChI is InChI=1S/C30H36F3N3O3/c1-35(2)25(18-9-6-5-7-10-18)24(30(31,32)33)27(37)34-29(38)14-13-19-17-21-20-11-8-12-22-28(20,15-16-36(21,3)4)23(19)26(29)39-22/h5-7,9-10,13-14,20-22,26,38H,8,11-12,15-17H2,1-4H3/p+1/t20-,21+,22-,26?,28+,29?/m0/s1. The molecule has 39 heavy (non-hydrogen) atoms. The molecule has 6 nitrogen and oxygen atoms in total. The van der Waals surface area contributed by atoms with Gasteiger partial charge in [-0.1, -0.05) is 42.8 Å². The molecule has 2 N–H and O–H groups in total. The molecule has 6 atom stereocenters. The first kappa shape index (κ1) is 26.6. The molecular weight excluding hydrogens is 507 g/mol. The van der Waals surface area contributed by atoms with Crippen LogP contribution < -0.4 is 5.32 Å². The Balaban J connectivity index is 1.41. The lowest BCUT2D eigenvalue weighted by Crippen LogP contribution is -2.67. The zero-order valence-electron chi connectivity index (χ0n) is 22.9. The molecule has 2 bridgehead atoms. The molecule has 1 spiro atoms. The second kappa shape index (κ2) is 8.69. The fourth-order valence-corrected chi connectivity index (χ4v) is 8.39. The first-order valence-corrected chi connectivity index (χ1v) is 13.8. The summed E-state index contributed by atoms with van der Waals surface area (Å²) in [5, 5.41) is 14.3. The fourth-order valence-electron chi connectivity index (χ4n) is 8.39. The molecule has 1 aromatic carbocycles. The van der Waals surface area contributed by atoms with Crippen LogP contribution in [0.3, 0.4) is 0 Å². The number of hydrogen-bond donors (Lipinski definition) is 2. The Kier molecular flexibility index (Phi) is 5.92. The second-order valence-corrected chi connectivity index (χ2v) is 12.6. The van der Waals surface area contributed by atoms with Crippen molar-refractivity contribution in [1.82, 2.24) is 10.2 Å². The highest BCUT2D eigenvalue weighted by Crippen LogP contribution is 2.66. The van der Waals surface area contributed by atoms with Crippen LogP contribution in [-0.2, 0) is 9.53 Å². The average molecular weight is 545 g/mol. The molecule has 2 unspecified atom stereocenters. The molecule has 1 saturated carbocycles. The molecule has 1 aromatic rings. The van der Waals surface area contributed by atoms with E-state index < -0.39 is 29.5 Å². The number of amides is 1. The predicted octanol–water partition coefficient (Wildman–Crippen LogP) is 4.00. The van der Waals surface area contributed by atoms with Gasteiger partial charge in [0.2, 0.25) is 0 Å². The topological polar surface area (TPSA) is 61.8 Å². The van der Waals surface area contributed by atoms with Gasteiger partial charge in [0.15, 0.2) is 5.72 Å². The van der Waals surface area contributed by atoms with Crippen LogP contribution in [0.1, 0.15) is 37.7 Å². The number of rotatable bonds is 4. The molecule has 210 valence electrons. The first-order chi connectivity index (χ1) is 18.3. The number of halogens is 3. The Morgan fingerprint density at radius 3 is 2.56 bits per heavy atom. The SMILES string of the molecule is CN(C)C(=C(C(=O)NC1(O)C=CC2=C3C1O[C@H]1CCC[C@H]4[C@@H](C2)[N+](C)(C)CC[C@]314)C(F)(F)F)c1ccccc1. The number of aliphatic hydroxyl groups is 1. The van der Waals surface area contributed by atoms with Gasteiger partial charge < -0.3 is 24.5 Å². The van der Waals surface area contributed by atoms with E-state index in [0.29, 0.717) is 12.0 Å². The molecule has 5 aliphatic rings. The lowest BCUT2D eigenvalue weighted by atomic mass is 9.50. The van der Waals surface area contributed by atoms with Crippen LogP contribution in [0.25, 0.3) is 5.70 Å². The second-order valence-electron chi connectivity index (χ2n) is 12.6. The quantitative estimate of drug-likeness (QED) is 0.342. The Hall–Kier alpha value is -2.62. The van der Waals surface area contributed by atoms with Crippen molar-refractivity contribution < 1.29 is 32.3 Å². The fraction of sp³-hybridized carbons (Fsp3) is 0.567. The molecule has 2 aliphatic heterocycles. The van der Waals surface area contributed by atoms with Gasteiger partial charge in [-0.3, -0.25) is 4.79 Å². The van der Waals surface area contributed by atoms with Gasteiger partial charge in [0.1, 0.15) is 11.7 Å². The summed E-state index contributed by atoms with van der Waals surface area (Å²) in [5.41, 5.74) is -1.57. The zero-order chi connectivity index (χ0) is 28.0. The summed E-state index contributed by atoms with van der Waals surface area (Å²) in [7, 11) is 7.50. The van der Waals surface area contributed by atoms with Gasteiger partial charge >= 0.3 is 6.18 Å². The van der Waals surface area contributed by atoms with Gasteiger partial charge in [-0.15, -0.1) is 0 Å². The normalized spacial score (nSPS) is 36.7. The van der Waals surface area contributed by atoms with Crippen molar-refractivity contribution in [2.75, 3.05) is 34.7 Å². The molecule has 3 aliphatic carbocycles. The molecule has 3 fully saturated rings. The number of likely N-dealkylation sites (tertiary alicyclic amines) is 1. The highest BCUT2D eigenvalue weighted by molar-refractivity contribution is 6.02. The summed E-state index contributed by atoms with van der Waals surface area (Å²) >= 11 is 0. The van der Waals surface area contributed by atoms with E-state index in [1.807, 2.05) is 6.08 Å². The third kappa shape index (κ3) is 3.84. The molecule has 6 rings (SSSR count). The van der Waals surface area contributed by atoms with Gasteiger partial charge in [0, 0.05) is 38.3 Å². The van der Waals surface area contributed by atoms with Crippen molar-refractivity contribution in [2.24, 2.45) is 11.3 Å². The minimum atomic E-state index is -4.96. The first-order valence-electron chi connectivity index (χ1n) is 13.8. The minimum Gasteiger partial charge on any atom is -0.377 e. The van der Waals surface area contributed by atoms with E-state index in [1.54, 1.807) is 18.2 Å². The summed E-state index contributed by atoms with van der Waals surface area (Å²) in [5.74, 6) is -0.992. The van der Waals surface area contributed by atoms with Crippen LogP contribution in [-0.4, -0.2) is 85.3 Å². The number of alkyl halides is 3. The highest BCUT2D eigenvalue weighted by atomic mass is 19.4. The van der Waals surface area contributed by atoms with Crippen molar-refractivity contribution in [2.45, 2.75) is 62.3 Å².